The minimum atomic E-state index is 0.209. The van der Waals surface area contributed by atoms with Crippen LogP contribution >= 0.6 is 0 Å². The fourth-order valence-corrected chi connectivity index (χ4v) is 1.74. The molecule has 0 bridgehead atoms. The van der Waals surface area contributed by atoms with E-state index in [1.54, 1.807) is 12.4 Å². The molecule has 0 unspecified atom stereocenters. The summed E-state index contributed by atoms with van der Waals surface area (Å²) in [5, 5.41) is 0. The Bertz CT molecular complexity index is 625. The molecule has 2 N–H and O–H groups in total. The highest BCUT2D eigenvalue weighted by Gasteiger charge is 2.08. The lowest BCUT2D eigenvalue weighted by atomic mass is 10.2. The summed E-state index contributed by atoms with van der Waals surface area (Å²) in [5.41, 5.74) is 7.53. The minimum Gasteiger partial charge on any atom is -0.368 e. The Labute approximate surface area is 110 Å². The molecule has 3 rings (SSSR count). The normalized spacial score (nSPS) is 10.3. The standard InChI is InChI=1S/C14H11N5/c15-14-18-12(10-4-2-1-3-5-10)17-13(19-14)11-6-8-16-9-7-11/h1-9H,(H2,15,17,18,19). The van der Waals surface area contributed by atoms with Gasteiger partial charge in [-0.3, -0.25) is 4.98 Å². The summed E-state index contributed by atoms with van der Waals surface area (Å²) in [7, 11) is 0. The summed E-state index contributed by atoms with van der Waals surface area (Å²) < 4.78 is 0. The van der Waals surface area contributed by atoms with Crippen molar-refractivity contribution in [3.63, 3.8) is 0 Å². The number of nitrogen functional groups attached to an aromatic ring is 1. The summed E-state index contributed by atoms with van der Waals surface area (Å²) in [5.74, 6) is 1.33. The van der Waals surface area contributed by atoms with E-state index in [1.165, 1.54) is 0 Å². The average molecular weight is 249 g/mol. The third-order valence-electron chi connectivity index (χ3n) is 2.62. The number of anilines is 1. The van der Waals surface area contributed by atoms with Crippen molar-refractivity contribution in [3.8, 4) is 22.8 Å². The summed E-state index contributed by atoms with van der Waals surface area (Å²) in [6, 6.07) is 13.4. The largest absolute Gasteiger partial charge is 0.368 e. The lowest BCUT2D eigenvalue weighted by molar-refractivity contribution is 1.08. The monoisotopic (exact) mass is 249 g/mol. The maximum absolute atomic E-state index is 5.76. The summed E-state index contributed by atoms with van der Waals surface area (Å²) in [4.78, 5) is 16.7. The Morgan fingerprint density at radius 1 is 0.684 bits per heavy atom. The lowest BCUT2D eigenvalue weighted by Gasteiger charge is -2.04. The van der Waals surface area contributed by atoms with E-state index in [0.29, 0.717) is 11.6 Å². The van der Waals surface area contributed by atoms with Crippen LogP contribution in [0.5, 0.6) is 0 Å². The minimum absolute atomic E-state index is 0.209. The third kappa shape index (κ3) is 2.40. The molecule has 0 aliphatic heterocycles. The van der Waals surface area contributed by atoms with Crippen LogP contribution in [0.25, 0.3) is 22.8 Å². The zero-order valence-corrected chi connectivity index (χ0v) is 10.1. The zero-order chi connectivity index (χ0) is 13.1. The fraction of sp³-hybridized carbons (Fsp3) is 0. The second-order valence-corrected chi connectivity index (χ2v) is 3.94. The summed E-state index contributed by atoms with van der Waals surface area (Å²) in [6.45, 7) is 0. The SMILES string of the molecule is Nc1nc(-c2ccccc2)nc(-c2ccncc2)n1. The van der Waals surface area contributed by atoms with Crippen LogP contribution in [0.1, 0.15) is 0 Å². The molecule has 0 radical (unpaired) electrons. The van der Waals surface area contributed by atoms with Crippen LogP contribution in [0.2, 0.25) is 0 Å². The van der Waals surface area contributed by atoms with Gasteiger partial charge in [-0.25, -0.2) is 4.98 Å². The number of nitrogens with zero attached hydrogens (tertiary/aromatic N) is 4. The van der Waals surface area contributed by atoms with Gasteiger partial charge in [-0.15, -0.1) is 0 Å². The molecule has 0 aliphatic rings. The lowest BCUT2D eigenvalue weighted by Crippen LogP contribution is -2.02. The Hall–Kier alpha value is -2.82. The smallest absolute Gasteiger partial charge is 0.224 e. The van der Waals surface area contributed by atoms with Gasteiger partial charge in [-0.2, -0.15) is 9.97 Å². The van der Waals surface area contributed by atoms with Crippen molar-refractivity contribution >= 4 is 5.95 Å². The van der Waals surface area contributed by atoms with Gasteiger partial charge in [0.25, 0.3) is 0 Å². The molecule has 0 atom stereocenters. The molecule has 0 saturated heterocycles. The number of hydrogen-bond acceptors (Lipinski definition) is 5. The van der Waals surface area contributed by atoms with Gasteiger partial charge in [0.2, 0.25) is 5.95 Å². The molecule has 19 heavy (non-hydrogen) atoms. The van der Waals surface area contributed by atoms with E-state index in [2.05, 4.69) is 19.9 Å². The van der Waals surface area contributed by atoms with Gasteiger partial charge in [0, 0.05) is 23.5 Å². The van der Waals surface area contributed by atoms with E-state index in [4.69, 9.17) is 5.73 Å². The van der Waals surface area contributed by atoms with Crippen LogP contribution in [0.15, 0.2) is 54.9 Å². The molecule has 3 aromatic rings. The highest BCUT2D eigenvalue weighted by Crippen LogP contribution is 2.19. The molecule has 0 amide bonds. The first-order valence-corrected chi connectivity index (χ1v) is 5.80. The Morgan fingerprint density at radius 2 is 1.26 bits per heavy atom. The van der Waals surface area contributed by atoms with Gasteiger partial charge in [-0.1, -0.05) is 30.3 Å². The van der Waals surface area contributed by atoms with Gasteiger partial charge in [0.05, 0.1) is 0 Å². The molecule has 92 valence electrons. The molecule has 0 spiro atoms. The molecule has 0 fully saturated rings. The summed E-state index contributed by atoms with van der Waals surface area (Å²) in [6.07, 6.45) is 3.38. The van der Waals surface area contributed by atoms with Crippen LogP contribution in [-0.2, 0) is 0 Å². The molecule has 0 aliphatic carbocycles. The molecule has 0 saturated carbocycles. The van der Waals surface area contributed by atoms with Crippen molar-refractivity contribution in [1.82, 2.24) is 19.9 Å². The van der Waals surface area contributed by atoms with Crippen LogP contribution < -0.4 is 5.73 Å². The Morgan fingerprint density at radius 3 is 1.89 bits per heavy atom. The number of aromatic nitrogens is 4. The van der Waals surface area contributed by atoms with Gasteiger partial charge in [-0.05, 0) is 12.1 Å². The first-order chi connectivity index (χ1) is 9.33. The van der Waals surface area contributed by atoms with E-state index in [-0.39, 0.29) is 5.95 Å². The predicted molar refractivity (Wildman–Crippen MR) is 72.9 cm³/mol. The molecule has 2 heterocycles. The van der Waals surface area contributed by atoms with Crippen LogP contribution in [-0.4, -0.2) is 19.9 Å². The van der Waals surface area contributed by atoms with Crippen LogP contribution in [0.3, 0.4) is 0 Å². The van der Waals surface area contributed by atoms with Gasteiger partial charge in [0.15, 0.2) is 11.6 Å². The first-order valence-electron chi connectivity index (χ1n) is 5.80. The quantitative estimate of drug-likeness (QED) is 0.753. The van der Waals surface area contributed by atoms with Gasteiger partial charge in [0.1, 0.15) is 0 Å². The highest BCUT2D eigenvalue weighted by atomic mass is 15.1. The van der Waals surface area contributed by atoms with Crippen molar-refractivity contribution in [2.45, 2.75) is 0 Å². The van der Waals surface area contributed by atoms with Crippen molar-refractivity contribution < 1.29 is 0 Å². The van der Waals surface area contributed by atoms with Crippen LogP contribution in [0.4, 0.5) is 5.95 Å². The maximum Gasteiger partial charge on any atom is 0.224 e. The number of nitrogens with two attached hydrogens (primary N) is 1. The van der Waals surface area contributed by atoms with Gasteiger partial charge < -0.3 is 5.73 Å². The second kappa shape index (κ2) is 4.81. The average Bonchev–Trinajstić information content (AvgIpc) is 2.48. The third-order valence-corrected chi connectivity index (χ3v) is 2.62. The van der Waals surface area contributed by atoms with E-state index in [1.807, 2.05) is 42.5 Å². The molecule has 5 nitrogen and oxygen atoms in total. The Kier molecular flexibility index (Phi) is 2.86. The van der Waals surface area contributed by atoms with Crippen molar-refractivity contribution in [3.05, 3.63) is 54.9 Å². The fourth-order valence-electron chi connectivity index (χ4n) is 1.74. The topological polar surface area (TPSA) is 77.6 Å². The van der Waals surface area contributed by atoms with Crippen molar-refractivity contribution in [2.75, 3.05) is 5.73 Å². The molecular weight excluding hydrogens is 238 g/mol. The molecule has 5 heteroatoms. The molecule has 1 aromatic carbocycles. The van der Waals surface area contributed by atoms with E-state index < -0.39 is 0 Å². The van der Waals surface area contributed by atoms with Gasteiger partial charge >= 0.3 is 0 Å². The Balaban J connectivity index is 2.12. The van der Waals surface area contributed by atoms with Crippen molar-refractivity contribution in [2.24, 2.45) is 0 Å². The highest BCUT2D eigenvalue weighted by molar-refractivity contribution is 5.61. The molecular formula is C14H11N5. The zero-order valence-electron chi connectivity index (χ0n) is 10.1. The molecule has 2 aromatic heterocycles. The van der Waals surface area contributed by atoms with E-state index in [9.17, 15) is 0 Å². The maximum atomic E-state index is 5.76. The van der Waals surface area contributed by atoms with E-state index >= 15 is 0 Å². The van der Waals surface area contributed by atoms with Crippen molar-refractivity contribution in [1.29, 1.82) is 0 Å². The number of rotatable bonds is 2. The summed E-state index contributed by atoms with van der Waals surface area (Å²) >= 11 is 0. The number of pyridine rings is 1. The second-order valence-electron chi connectivity index (χ2n) is 3.94. The van der Waals surface area contributed by atoms with Crippen LogP contribution in [0, 0.1) is 0 Å². The first kappa shape index (κ1) is 11.3. The number of hydrogen-bond donors (Lipinski definition) is 1. The predicted octanol–water partition coefficient (Wildman–Crippen LogP) is 2.18. The number of benzene rings is 1. The van der Waals surface area contributed by atoms with E-state index in [0.717, 1.165) is 11.1 Å².